The number of carbonyl (C=O) groups is 8. The first kappa shape index (κ1) is 56.6. The van der Waals surface area contributed by atoms with E-state index in [0.29, 0.717) is 12.8 Å². The highest BCUT2D eigenvalue weighted by atomic mass is 16.7. The molecule has 4 N–H and O–H groups in total. The van der Waals surface area contributed by atoms with Gasteiger partial charge in [-0.05, 0) is 19.3 Å². The number of hydrogen-bond acceptors (Lipinski definition) is 14. The molecule has 0 aromatic heterocycles. The van der Waals surface area contributed by atoms with Gasteiger partial charge in [0.15, 0.2) is 24.6 Å². The molecule has 2 amide bonds. The highest BCUT2D eigenvalue weighted by molar-refractivity contribution is 5.91. The highest BCUT2D eigenvalue weighted by Gasteiger charge is 2.53. The Morgan fingerprint density at radius 2 is 0.929 bits per heavy atom. The number of carboxylic acid groups (broad SMARTS) is 2. The van der Waals surface area contributed by atoms with Crippen LogP contribution in [0.4, 0.5) is 0 Å². The van der Waals surface area contributed by atoms with E-state index in [1.165, 1.54) is 89.9 Å². The minimum absolute atomic E-state index is 0.490. The Hall–Kier alpha value is -4.32. The predicted molar refractivity (Wildman–Crippen MR) is 261 cm³/mol. The maximum Gasteiger partial charge on any atom is 0.326 e. The molecule has 1 saturated heterocycles. The van der Waals surface area contributed by atoms with Crippen molar-refractivity contribution >= 4 is 47.6 Å². The topological polar surface area (TPSA) is 256 Å². The van der Waals surface area contributed by atoms with Gasteiger partial charge in [0, 0.05) is 45.4 Å². The normalized spacial score (nSPS) is 19.3. The molecule has 70 heavy (non-hydrogen) atoms. The number of aliphatic carboxylic acids is 2. The Morgan fingerprint density at radius 3 is 1.36 bits per heavy atom. The Bertz CT molecular complexity index is 1590. The van der Waals surface area contributed by atoms with Gasteiger partial charge in [0.2, 0.25) is 11.8 Å². The van der Waals surface area contributed by atoms with Crippen LogP contribution in [0, 0.1) is 5.92 Å². The fourth-order valence-corrected chi connectivity index (χ4v) is 8.51. The summed E-state index contributed by atoms with van der Waals surface area (Å²) in [5, 5.41) is 24.2. The third-order valence-corrected chi connectivity index (χ3v) is 12.3. The smallest absolute Gasteiger partial charge is 0.326 e. The maximum absolute atomic E-state index is 14.4. The Labute approximate surface area is 423 Å². The molecule has 1 heterocycles. The number of ether oxygens (including phenoxy) is 6. The lowest BCUT2D eigenvalue weighted by molar-refractivity contribution is -0.308. The van der Waals surface area contributed by atoms with Crippen LogP contribution in [0.1, 0.15) is 227 Å². The highest BCUT2D eigenvalue weighted by Crippen LogP contribution is 2.30. The largest absolute Gasteiger partial charge is 0.481 e. The van der Waals surface area contributed by atoms with Crippen LogP contribution < -0.4 is 10.6 Å². The molecule has 18 nitrogen and oxygen atoms in total. The molecule has 1 rings (SSSR count). The van der Waals surface area contributed by atoms with Crippen LogP contribution in [0.3, 0.4) is 0 Å². The molecule has 7 atom stereocenters. The van der Waals surface area contributed by atoms with Crippen LogP contribution in [-0.4, -0.2) is 114 Å². The van der Waals surface area contributed by atoms with Crippen molar-refractivity contribution in [3.63, 3.8) is 0 Å². The van der Waals surface area contributed by atoms with Gasteiger partial charge in [0.25, 0.3) is 0 Å². The minimum atomic E-state index is -1.94. The minimum Gasteiger partial charge on any atom is -0.481 e. The first-order valence-corrected chi connectivity index (χ1v) is 25.9. The predicted octanol–water partition coefficient (Wildman–Crippen LogP) is 8.80. The number of esters is 4. The van der Waals surface area contributed by atoms with Gasteiger partial charge in [0.1, 0.15) is 24.8 Å². The van der Waals surface area contributed by atoms with Gasteiger partial charge in [-0.2, -0.15) is 0 Å². The molecule has 18 heteroatoms. The van der Waals surface area contributed by atoms with Crippen molar-refractivity contribution in [1.82, 2.24) is 10.6 Å². The van der Waals surface area contributed by atoms with Gasteiger partial charge < -0.3 is 49.3 Å². The summed E-state index contributed by atoms with van der Waals surface area (Å²) in [5.74, 6) is -9.80. The average Bonchev–Trinajstić information content (AvgIpc) is 3.38. The van der Waals surface area contributed by atoms with E-state index in [9.17, 15) is 48.6 Å². The summed E-state index contributed by atoms with van der Waals surface area (Å²) < 4.78 is 63.3. The summed E-state index contributed by atoms with van der Waals surface area (Å²) in [6, 6.07) is -3.44. The van der Waals surface area contributed by atoms with Crippen molar-refractivity contribution < 1.29 is 82.5 Å². The molecule has 0 aromatic rings. The van der Waals surface area contributed by atoms with Gasteiger partial charge in [-0.15, -0.1) is 0 Å². The summed E-state index contributed by atoms with van der Waals surface area (Å²) in [4.78, 5) is 102. The molecule has 0 saturated carbocycles. The molecule has 1 aliphatic rings. The van der Waals surface area contributed by atoms with E-state index in [2.05, 4.69) is 24.5 Å². The molecule has 0 aromatic carbocycles. The molecule has 0 radical (unpaired) electrons. The van der Waals surface area contributed by atoms with Crippen LogP contribution in [0.5, 0.6) is 0 Å². The zero-order valence-corrected chi connectivity index (χ0v) is 42.3. The zero-order chi connectivity index (χ0) is 54.9. The van der Waals surface area contributed by atoms with Crippen LogP contribution >= 0.6 is 0 Å². The number of carboxylic acids is 2. The summed E-state index contributed by atoms with van der Waals surface area (Å²) in [7, 11) is 0. The number of nitrogens with one attached hydrogen (secondary N) is 2. The van der Waals surface area contributed by atoms with E-state index < -0.39 is 150 Å². The van der Waals surface area contributed by atoms with E-state index >= 15 is 0 Å². The summed E-state index contributed by atoms with van der Waals surface area (Å²) in [5.41, 5.74) is 0. The van der Waals surface area contributed by atoms with E-state index in [1.54, 1.807) is 0 Å². The first-order valence-electron chi connectivity index (χ1n) is 28.7. The van der Waals surface area contributed by atoms with E-state index in [4.69, 9.17) is 33.9 Å². The zero-order valence-electron chi connectivity index (χ0n) is 46.3. The van der Waals surface area contributed by atoms with Gasteiger partial charge in [0.05, 0.1) is 6.61 Å². The molecular weight excluding hydrogens is 909 g/mol. The lowest BCUT2D eigenvalue weighted by atomic mass is 9.92. The maximum atomic E-state index is 14.4. The van der Waals surface area contributed by atoms with Crippen molar-refractivity contribution in [1.29, 1.82) is 0 Å². The van der Waals surface area contributed by atoms with Crippen molar-refractivity contribution in [2.24, 2.45) is 5.92 Å². The Morgan fingerprint density at radius 1 is 0.514 bits per heavy atom. The lowest BCUT2D eigenvalue weighted by Crippen LogP contribution is -2.63. The second-order valence-electron chi connectivity index (χ2n) is 18.4. The summed E-state index contributed by atoms with van der Waals surface area (Å²) in [6.07, 6.45) is 17.6. The third kappa shape index (κ3) is 30.4. The van der Waals surface area contributed by atoms with Crippen molar-refractivity contribution in [2.75, 3.05) is 13.2 Å². The van der Waals surface area contributed by atoms with Crippen LogP contribution in [-0.2, 0) is 66.8 Å². The summed E-state index contributed by atoms with van der Waals surface area (Å²) >= 11 is 0. The van der Waals surface area contributed by atoms with Crippen LogP contribution in [0.25, 0.3) is 0 Å². The standard InChI is InChI=1S/C52H90N2O16/c1-7-9-11-13-15-17-19-21-23-25-27-29-31-41(32-30-28-26-24-22-20-18-16-14-12-10-8-2)49(61)54-43(50(62)53-42(51(63)64)33-34-45(59)60)35-66-52-48(69-40(6)58)47(68-39(5)57)46(67-38(4)56)44(70-52)36-65-37(3)55/h41-44,46-48,52H,7-36H2,1-6H3,(H,53,62)(H,54,61)(H,59,60)(H,63,64)/t42-,43-,44+,46+,47-,48-,52?/m0/s1/i3D,4D,5D,6D. The molecule has 0 bridgehead atoms. The molecule has 1 fully saturated rings. The quantitative estimate of drug-likeness (QED) is 0.0253. The number of carbonyl (C=O) groups excluding carboxylic acids is 6. The van der Waals surface area contributed by atoms with E-state index in [1.807, 2.05) is 0 Å². The Kier molecular flexibility index (Phi) is 31.8. The van der Waals surface area contributed by atoms with Gasteiger partial charge in [-0.25, -0.2) is 4.79 Å². The van der Waals surface area contributed by atoms with E-state index in [-0.39, 0.29) is 0 Å². The monoisotopic (exact) mass is 1000 g/mol. The van der Waals surface area contributed by atoms with E-state index in [0.717, 1.165) is 64.2 Å². The fraction of sp³-hybridized carbons (Fsp3) is 0.846. The molecule has 1 aliphatic heterocycles. The van der Waals surface area contributed by atoms with Gasteiger partial charge >= 0.3 is 35.8 Å². The molecule has 1 unspecified atom stereocenters. The molecular formula is C52H90N2O16. The molecule has 0 spiro atoms. The molecule has 0 aliphatic carbocycles. The lowest BCUT2D eigenvalue weighted by Gasteiger charge is -2.44. The Balaban J connectivity index is 3.50. The SMILES string of the molecule is [2H]CC(=O)OC[C@H]1OC(OC[C@H](NC(=O)C(CCCCCCCCCCCCCC)CCCCCCCCCCCCCC)C(=O)N[C@@H](CCC(=O)O)C(=O)O)[C@@H](OC(=O)C[2H])[C@@H](OC(=O)C[2H])[C@@H]1OC(=O)C[2H]. The third-order valence-electron chi connectivity index (χ3n) is 12.3. The summed E-state index contributed by atoms with van der Waals surface area (Å²) in [6.45, 7) is -1.01. The van der Waals surface area contributed by atoms with Crippen LogP contribution in [0.2, 0.25) is 0 Å². The number of rotatable bonds is 42. The number of unbranched alkanes of at least 4 members (excludes halogenated alkanes) is 22. The second kappa shape index (κ2) is 39.3. The number of amides is 2. The van der Waals surface area contributed by atoms with Gasteiger partial charge in [-0.1, -0.05) is 168 Å². The first-order chi connectivity index (χ1) is 35.6. The molecule has 404 valence electrons. The van der Waals surface area contributed by atoms with Crippen LogP contribution in [0.15, 0.2) is 0 Å². The fourth-order valence-electron chi connectivity index (χ4n) is 8.51. The second-order valence-corrected chi connectivity index (χ2v) is 18.4. The van der Waals surface area contributed by atoms with Crippen molar-refractivity contribution in [3.05, 3.63) is 0 Å². The van der Waals surface area contributed by atoms with Crippen molar-refractivity contribution in [3.8, 4) is 0 Å². The average molecular weight is 1000 g/mol. The van der Waals surface area contributed by atoms with Crippen molar-refractivity contribution in [2.45, 2.75) is 264 Å². The number of hydrogen-bond donors (Lipinski definition) is 4. The van der Waals surface area contributed by atoms with Gasteiger partial charge in [-0.3, -0.25) is 33.6 Å².